The van der Waals surface area contributed by atoms with Gasteiger partial charge in [-0.05, 0) is 18.1 Å². The van der Waals surface area contributed by atoms with E-state index in [1.807, 2.05) is 0 Å². The largest absolute Gasteiger partial charge is 0.505 e. The third kappa shape index (κ3) is 2.02. The van der Waals surface area contributed by atoms with Gasteiger partial charge in [0, 0.05) is 6.42 Å². The Bertz CT molecular complexity index is 324. The van der Waals surface area contributed by atoms with E-state index in [9.17, 15) is 13.6 Å². The zero-order valence-electron chi connectivity index (χ0n) is 6.76. The van der Waals surface area contributed by atoms with Gasteiger partial charge < -0.3 is 9.90 Å². The number of rotatable bonds is 3. The molecule has 0 heterocycles. The fraction of sp³-hybridized carbons (Fsp3) is 0.222. The summed E-state index contributed by atoms with van der Waals surface area (Å²) < 4.78 is 25.6. The summed E-state index contributed by atoms with van der Waals surface area (Å²) in [6.07, 6.45) is 0.915. The molecule has 13 heavy (non-hydrogen) atoms. The first-order valence-electron chi connectivity index (χ1n) is 3.76. The Morgan fingerprint density at radius 3 is 2.62 bits per heavy atom. The third-order valence-electron chi connectivity index (χ3n) is 1.67. The normalized spacial score (nSPS) is 10.0. The molecule has 2 nitrogen and oxygen atoms in total. The maximum atomic E-state index is 12.9. The molecule has 0 unspecified atom stereocenters. The molecule has 1 aromatic carbocycles. The molecule has 0 amide bonds. The molecule has 0 aliphatic carbocycles. The molecular formula is C9H8F2O2. The highest BCUT2D eigenvalue weighted by Gasteiger charge is 2.11. The quantitative estimate of drug-likeness (QED) is 0.731. The van der Waals surface area contributed by atoms with Gasteiger partial charge in [0.15, 0.2) is 11.6 Å². The van der Waals surface area contributed by atoms with Gasteiger partial charge in [0.2, 0.25) is 5.82 Å². The Labute approximate surface area is 73.8 Å². The Kier molecular flexibility index (Phi) is 2.95. The molecule has 4 heteroatoms. The summed E-state index contributed by atoms with van der Waals surface area (Å²) in [6.45, 7) is 0. The first-order valence-corrected chi connectivity index (χ1v) is 3.76. The van der Waals surface area contributed by atoms with Gasteiger partial charge >= 0.3 is 0 Å². The summed E-state index contributed by atoms with van der Waals surface area (Å²) >= 11 is 0. The van der Waals surface area contributed by atoms with Crippen LogP contribution in [0.2, 0.25) is 0 Å². The van der Waals surface area contributed by atoms with Crippen molar-refractivity contribution in [2.24, 2.45) is 0 Å². The van der Waals surface area contributed by atoms with E-state index in [-0.39, 0.29) is 18.4 Å². The van der Waals surface area contributed by atoms with E-state index in [0.29, 0.717) is 6.29 Å². The van der Waals surface area contributed by atoms with Crippen molar-refractivity contribution in [1.29, 1.82) is 0 Å². The fourth-order valence-corrected chi connectivity index (χ4v) is 0.987. The summed E-state index contributed by atoms with van der Waals surface area (Å²) in [5, 5.41) is 8.77. The van der Waals surface area contributed by atoms with Crippen molar-refractivity contribution in [2.75, 3.05) is 0 Å². The highest BCUT2D eigenvalue weighted by atomic mass is 19.2. The van der Waals surface area contributed by atoms with Crippen molar-refractivity contribution in [1.82, 2.24) is 0 Å². The molecule has 0 atom stereocenters. The Hall–Kier alpha value is -1.45. The SMILES string of the molecule is O=CCCc1ccc(O)c(F)c1F. The molecule has 0 spiro atoms. The molecule has 0 fully saturated rings. The van der Waals surface area contributed by atoms with Crippen LogP contribution in [0.15, 0.2) is 12.1 Å². The van der Waals surface area contributed by atoms with Gasteiger partial charge in [-0.1, -0.05) is 6.07 Å². The van der Waals surface area contributed by atoms with Crippen LogP contribution in [0.3, 0.4) is 0 Å². The van der Waals surface area contributed by atoms with Crippen molar-refractivity contribution >= 4 is 6.29 Å². The summed E-state index contributed by atoms with van der Waals surface area (Å²) in [6, 6.07) is 2.33. The van der Waals surface area contributed by atoms with Gasteiger partial charge in [0.1, 0.15) is 6.29 Å². The van der Waals surface area contributed by atoms with Gasteiger partial charge in [-0.3, -0.25) is 0 Å². The van der Waals surface area contributed by atoms with Crippen LogP contribution in [-0.4, -0.2) is 11.4 Å². The van der Waals surface area contributed by atoms with Crippen LogP contribution in [0, 0.1) is 11.6 Å². The van der Waals surface area contributed by atoms with Crippen molar-refractivity contribution in [3.8, 4) is 5.75 Å². The van der Waals surface area contributed by atoms with Crippen molar-refractivity contribution in [3.63, 3.8) is 0 Å². The summed E-state index contributed by atoms with van der Waals surface area (Å²) in [4.78, 5) is 9.98. The molecule has 0 saturated carbocycles. The standard InChI is InChI=1S/C9H8F2O2/c10-8-6(2-1-5-12)3-4-7(13)9(8)11/h3-5,13H,1-2H2. The van der Waals surface area contributed by atoms with Crippen LogP contribution in [0.4, 0.5) is 8.78 Å². The van der Waals surface area contributed by atoms with Crippen molar-refractivity contribution in [3.05, 3.63) is 29.3 Å². The van der Waals surface area contributed by atoms with Crippen LogP contribution in [0.1, 0.15) is 12.0 Å². The second-order valence-corrected chi connectivity index (χ2v) is 2.58. The Morgan fingerprint density at radius 2 is 2.00 bits per heavy atom. The topological polar surface area (TPSA) is 37.3 Å². The zero-order chi connectivity index (χ0) is 9.84. The molecule has 0 aliphatic rings. The summed E-state index contributed by atoms with van der Waals surface area (Å²) in [5.74, 6) is -3.06. The number of aryl methyl sites for hydroxylation is 1. The molecular weight excluding hydrogens is 178 g/mol. The lowest BCUT2D eigenvalue weighted by atomic mass is 10.1. The lowest BCUT2D eigenvalue weighted by Crippen LogP contribution is -1.95. The van der Waals surface area contributed by atoms with E-state index in [1.54, 1.807) is 0 Å². The highest BCUT2D eigenvalue weighted by Crippen LogP contribution is 2.21. The minimum absolute atomic E-state index is 0.0994. The smallest absolute Gasteiger partial charge is 0.200 e. The van der Waals surface area contributed by atoms with E-state index in [1.165, 1.54) is 6.07 Å². The van der Waals surface area contributed by atoms with Gasteiger partial charge in [-0.25, -0.2) is 4.39 Å². The number of carbonyl (C=O) groups excluding carboxylic acids is 1. The van der Waals surface area contributed by atoms with E-state index >= 15 is 0 Å². The number of aldehydes is 1. The summed E-state index contributed by atoms with van der Waals surface area (Å²) in [5.41, 5.74) is 0.0994. The van der Waals surface area contributed by atoms with Gasteiger partial charge in [0.25, 0.3) is 0 Å². The lowest BCUT2D eigenvalue weighted by Gasteiger charge is -2.02. The second-order valence-electron chi connectivity index (χ2n) is 2.58. The number of hydrogen-bond acceptors (Lipinski definition) is 2. The Balaban J connectivity index is 2.96. The fourth-order valence-electron chi connectivity index (χ4n) is 0.987. The molecule has 0 aliphatic heterocycles. The maximum absolute atomic E-state index is 12.9. The average molecular weight is 186 g/mol. The second kappa shape index (κ2) is 3.98. The van der Waals surface area contributed by atoms with Crippen LogP contribution in [0.25, 0.3) is 0 Å². The summed E-state index contributed by atoms with van der Waals surface area (Å²) in [7, 11) is 0. The third-order valence-corrected chi connectivity index (χ3v) is 1.67. The molecule has 1 rings (SSSR count). The van der Waals surface area contributed by atoms with Gasteiger partial charge in [-0.15, -0.1) is 0 Å². The predicted octanol–water partition coefficient (Wildman–Crippen LogP) is 1.80. The van der Waals surface area contributed by atoms with Gasteiger partial charge in [0.05, 0.1) is 0 Å². The highest BCUT2D eigenvalue weighted by molar-refractivity contribution is 5.50. The number of aromatic hydroxyl groups is 1. The zero-order valence-corrected chi connectivity index (χ0v) is 6.76. The molecule has 0 bridgehead atoms. The van der Waals surface area contributed by atoms with Crippen LogP contribution in [-0.2, 0) is 11.2 Å². The monoisotopic (exact) mass is 186 g/mol. The van der Waals surface area contributed by atoms with E-state index in [4.69, 9.17) is 5.11 Å². The molecule has 0 saturated heterocycles. The molecule has 70 valence electrons. The van der Waals surface area contributed by atoms with Crippen molar-refractivity contribution < 1.29 is 18.7 Å². The average Bonchev–Trinajstić information content (AvgIpc) is 2.13. The molecule has 1 aromatic rings. The van der Waals surface area contributed by atoms with Crippen LogP contribution in [0.5, 0.6) is 5.75 Å². The number of phenolic OH excluding ortho intramolecular Hbond substituents is 1. The first-order chi connectivity index (χ1) is 6.16. The van der Waals surface area contributed by atoms with Gasteiger partial charge in [-0.2, -0.15) is 4.39 Å². The molecule has 0 aromatic heterocycles. The van der Waals surface area contributed by atoms with Crippen LogP contribution < -0.4 is 0 Å². The first kappa shape index (κ1) is 9.64. The maximum Gasteiger partial charge on any atom is 0.200 e. The number of halogens is 2. The number of carbonyl (C=O) groups is 1. The minimum atomic E-state index is -1.26. The lowest BCUT2D eigenvalue weighted by molar-refractivity contribution is -0.107. The van der Waals surface area contributed by atoms with Crippen molar-refractivity contribution in [2.45, 2.75) is 12.8 Å². The number of hydrogen-bond donors (Lipinski definition) is 1. The predicted molar refractivity (Wildman–Crippen MR) is 42.4 cm³/mol. The van der Waals surface area contributed by atoms with Crippen LogP contribution >= 0.6 is 0 Å². The number of phenols is 1. The number of benzene rings is 1. The van der Waals surface area contributed by atoms with E-state index < -0.39 is 17.4 Å². The van der Waals surface area contributed by atoms with E-state index in [0.717, 1.165) is 6.07 Å². The van der Waals surface area contributed by atoms with E-state index in [2.05, 4.69) is 0 Å². The Morgan fingerprint density at radius 1 is 1.31 bits per heavy atom. The minimum Gasteiger partial charge on any atom is -0.505 e. The molecule has 0 radical (unpaired) electrons. The molecule has 1 N–H and O–H groups in total.